The molecule has 0 radical (unpaired) electrons. The standard InChI is InChI=1S/C16H15FN6O3/c1-19-13-6-12(22-16-9(15(18)24)7-20-23(13)16)21-10-4-8(17)5-11-14(10)26-3-2-25-11/h4-7,19H,2-3H2,1H3,(H2,18,24)(H,21,22)/i1D3. The molecule has 0 atom stereocenters. The second-order valence-corrected chi connectivity index (χ2v) is 5.41. The third-order valence-corrected chi connectivity index (χ3v) is 3.73. The van der Waals surface area contributed by atoms with Crippen LogP contribution in [-0.4, -0.2) is 40.7 Å². The monoisotopic (exact) mass is 361 g/mol. The van der Waals surface area contributed by atoms with Crippen molar-refractivity contribution in [2.45, 2.75) is 0 Å². The first-order valence-electron chi connectivity index (χ1n) is 9.04. The maximum atomic E-state index is 14.0. The van der Waals surface area contributed by atoms with Crippen molar-refractivity contribution in [2.24, 2.45) is 5.73 Å². The van der Waals surface area contributed by atoms with E-state index in [-0.39, 0.29) is 53.2 Å². The van der Waals surface area contributed by atoms with Crippen LogP contribution >= 0.6 is 0 Å². The Labute approximate surface area is 151 Å². The number of carbonyl (C=O) groups excluding carboxylic acids is 1. The third kappa shape index (κ3) is 2.61. The summed E-state index contributed by atoms with van der Waals surface area (Å²) in [7, 11) is 0. The molecule has 0 fully saturated rings. The third-order valence-electron chi connectivity index (χ3n) is 3.73. The Balaban J connectivity index is 1.83. The van der Waals surface area contributed by atoms with Crippen molar-refractivity contribution in [3.8, 4) is 11.5 Å². The zero-order chi connectivity index (χ0) is 20.8. The van der Waals surface area contributed by atoms with Gasteiger partial charge in [-0.2, -0.15) is 9.61 Å². The molecule has 0 aliphatic carbocycles. The van der Waals surface area contributed by atoms with Gasteiger partial charge in [0.25, 0.3) is 5.91 Å². The van der Waals surface area contributed by atoms with Crippen LogP contribution in [0, 0.1) is 5.82 Å². The van der Waals surface area contributed by atoms with E-state index in [1.54, 1.807) is 0 Å². The van der Waals surface area contributed by atoms with Crippen molar-refractivity contribution in [2.75, 3.05) is 30.8 Å². The minimum Gasteiger partial charge on any atom is -0.486 e. The summed E-state index contributed by atoms with van der Waals surface area (Å²) in [5.41, 5.74) is 5.58. The van der Waals surface area contributed by atoms with E-state index in [4.69, 9.17) is 19.3 Å². The van der Waals surface area contributed by atoms with Crippen LogP contribution in [0.25, 0.3) is 5.65 Å². The van der Waals surface area contributed by atoms with Crippen LogP contribution in [0.15, 0.2) is 24.4 Å². The zero-order valence-corrected chi connectivity index (χ0v) is 13.2. The number of anilines is 3. The quantitative estimate of drug-likeness (QED) is 0.645. The number of aromatic nitrogens is 3. The fourth-order valence-corrected chi connectivity index (χ4v) is 2.64. The summed E-state index contributed by atoms with van der Waals surface area (Å²) in [5.74, 6) is -0.719. The maximum absolute atomic E-state index is 14.0. The molecule has 1 aliphatic heterocycles. The highest BCUT2D eigenvalue weighted by Crippen LogP contribution is 2.39. The molecule has 26 heavy (non-hydrogen) atoms. The van der Waals surface area contributed by atoms with Gasteiger partial charge in [0.1, 0.15) is 36.2 Å². The molecule has 0 saturated heterocycles. The zero-order valence-electron chi connectivity index (χ0n) is 16.2. The maximum Gasteiger partial charge on any atom is 0.254 e. The van der Waals surface area contributed by atoms with E-state index in [1.165, 1.54) is 24.4 Å². The van der Waals surface area contributed by atoms with Gasteiger partial charge in [0.2, 0.25) is 0 Å². The molecular weight excluding hydrogens is 343 g/mol. The molecule has 0 spiro atoms. The van der Waals surface area contributed by atoms with Crippen molar-refractivity contribution in [1.82, 2.24) is 14.6 Å². The van der Waals surface area contributed by atoms with Gasteiger partial charge in [-0.1, -0.05) is 0 Å². The van der Waals surface area contributed by atoms with Crippen LogP contribution in [0.2, 0.25) is 0 Å². The summed E-state index contributed by atoms with van der Waals surface area (Å²) < 4.78 is 48.4. The van der Waals surface area contributed by atoms with Crippen molar-refractivity contribution in [1.29, 1.82) is 0 Å². The number of amides is 1. The highest BCUT2D eigenvalue weighted by atomic mass is 19.1. The Morgan fingerprint density at radius 1 is 1.38 bits per heavy atom. The van der Waals surface area contributed by atoms with E-state index >= 15 is 0 Å². The predicted molar refractivity (Wildman–Crippen MR) is 91.7 cm³/mol. The van der Waals surface area contributed by atoms with E-state index in [2.05, 4.69) is 20.7 Å². The van der Waals surface area contributed by atoms with Crippen LogP contribution in [-0.2, 0) is 0 Å². The van der Waals surface area contributed by atoms with E-state index < -0.39 is 18.7 Å². The Morgan fingerprint density at radius 2 is 2.23 bits per heavy atom. The number of halogens is 1. The normalized spacial score (nSPS) is 15.0. The number of ether oxygens (including phenoxy) is 2. The molecule has 4 N–H and O–H groups in total. The molecular formula is C16H15FN6O3. The summed E-state index contributed by atoms with van der Waals surface area (Å²) in [6.45, 7) is -1.98. The van der Waals surface area contributed by atoms with Crippen LogP contribution in [0.3, 0.4) is 0 Å². The number of carbonyl (C=O) groups is 1. The fraction of sp³-hybridized carbons (Fsp3) is 0.188. The molecule has 10 heteroatoms. The molecule has 1 aliphatic rings. The van der Waals surface area contributed by atoms with Gasteiger partial charge in [0.05, 0.1) is 11.9 Å². The first-order chi connectivity index (χ1) is 13.7. The summed E-state index contributed by atoms with van der Waals surface area (Å²) in [4.78, 5) is 15.9. The largest absolute Gasteiger partial charge is 0.486 e. The Kier molecular flexibility index (Phi) is 2.97. The molecule has 0 bridgehead atoms. The lowest BCUT2D eigenvalue weighted by molar-refractivity contribution is 0.100. The van der Waals surface area contributed by atoms with Gasteiger partial charge in [0, 0.05) is 29.3 Å². The second-order valence-electron chi connectivity index (χ2n) is 5.41. The van der Waals surface area contributed by atoms with Crippen LogP contribution in [0.5, 0.6) is 11.5 Å². The molecule has 1 amide bonds. The Morgan fingerprint density at radius 3 is 3.04 bits per heavy atom. The number of nitrogens with two attached hydrogens (primary N) is 1. The van der Waals surface area contributed by atoms with Gasteiger partial charge in [-0.3, -0.25) is 4.79 Å². The molecule has 3 aromatic rings. The SMILES string of the molecule is [2H]C([2H])([2H])Nc1cc(Nc2cc(F)cc3c2OCCO3)nc2c(C(N)=O)cnn12. The number of nitrogens with zero attached hydrogens (tertiary/aromatic N) is 3. The highest BCUT2D eigenvalue weighted by molar-refractivity contribution is 5.99. The molecule has 0 unspecified atom stereocenters. The average molecular weight is 361 g/mol. The van der Waals surface area contributed by atoms with Gasteiger partial charge in [-0.15, -0.1) is 0 Å². The van der Waals surface area contributed by atoms with Gasteiger partial charge in [0.15, 0.2) is 17.1 Å². The topological polar surface area (TPSA) is 116 Å². The predicted octanol–water partition coefficient (Wildman–Crippen LogP) is 1.52. The minimum absolute atomic E-state index is 0.0110. The lowest BCUT2D eigenvalue weighted by Gasteiger charge is -2.21. The van der Waals surface area contributed by atoms with Gasteiger partial charge in [-0.25, -0.2) is 9.37 Å². The first kappa shape index (κ1) is 12.8. The van der Waals surface area contributed by atoms with Gasteiger partial charge >= 0.3 is 0 Å². The van der Waals surface area contributed by atoms with Crippen molar-refractivity contribution in [3.63, 3.8) is 0 Å². The van der Waals surface area contributed by atoms with E-state index in [0.717, 1.165) is 4.52 Å². The molecule has 4 rings (SSSR count). The van der Waals surface area contributed by atoms with E-state index in [1.807, 2.05) is 0 Å². The number of hydrogen-bond acceptors (Lipinski definition) is 7. The second kappa shape index (κ2) is 6.06. The molecule has 1 aromatic carbocycles. The van der Waals surface area contributed by atoms with Crippen LogP contribution in [0.1, 0.15) is 14.5 Å². The Hall–Kier alpha value is -3.56. The van der Waals surface area contributed by atoms with Crippen LogP contribution in [0.4, 0.5) is 21.7 Å². The minimum atomic E-state index is -2.54. The summed E-state index contributed by atoms with van der Waals surface area (Å²) >= 11 is 0. The van der Waals surface area contributed by atoms with Crippen LogP contribution < -0.4 is 25.8 Å². The van der Waals surface area contributed by atoms with Gasteiger partial charge in [-0.05, 0) is 0 Å². The number of benzene rings is 1. The number of fused-ring (bicyclic) bond motifs is 2. The molecule has 9 nitrogen and oxygen atoms in total. The fourth-order valence-electron chi connectivity index (χ4n) is 2.64. The average Bonchev–Trinajstić information content (AvgIpc) is 3.05. The summed E-state index contributed by atoms with van der Waals surface area (Å²) in [5, 5.41) is 9.15. The van der Waals surface area contributed by atoms with Crippen molar-refractivity contribution >= 4 is 28.9 Å². The molecule has 134 valence electrons. The lowest BCUT2D eigenvalue weighted by Crippen LogP contribution is -2.17. The van der Waals surface area contributed by atoms with Gasteiger partial charge < -0.3 is 25.8 Å². The number of nitrogens with one attached hydrogen (secondary N) is 2. The first-order valence-corrected chi connectivity index (χ1v) is 7.54. The lowest BCUT2D eigenvalue weighted by atomic mass is 10.2. The summed E-state index contributed by atoms with van der Waals surface area (Å²) in [6.07, 6.45) is 1.18. The molecule has 2 aromatic heterocycles. The number of rotatable bonds is 4. The van der Waals surface area contributed by atoms with E-state index in [0.29, 0.717) is 0 Å². The van der Waals surface area contributed by atoms with Crippen molar-refractivity contribution < 1.29 is 22.8 Å². The highest BCUT2D eigenvalue weighted by Gasteiger charge is 2.20. The molecule has 0 saturated carbocycles. The number of primary amides is 1. The number of hydrogen-bond donors (Lipinski definition) is 3. The summed E-state index contributed by atoms with van der Waals surface area (Å²) in [6, 6.07) is 3.72. The smallest absolute Gasteiger partial charge is 0.254 e. The van der Waals surface area contributed by atoms with Crippen molar-refractivity contribution in [3.05, 3.63) is 35.8 Å². The van der Waals surface area contributed by atoms with E-state index in [9.17, 15) is 9.18 Å². The molecule has 3 heterocycles. The Bertz CT molecular complexity index is 1120.